The molecule has 0 bridgehead atoms. The Morgan fingerprint density at radius 2 is 1.82 bits per heavy atom. The maximum Gasteiger partial charge on any atom is 0.305 e. The van der Waals surface area contributed by atoms with E-state index in [1.54, 1.807) is 0 Å². The number of carboxylic acids is 2. The van der Waals surface area contributed by atoms with Crippen molar-refractivity contribution in [1.82, 2.24) is 5.32 Å². The lowest BCUT2D eigenvalue weighted by atomic mass is 10.1. The van der Waals surface area contributed by atoms with Gasteiger partial charge in [0.1, 0.15) is 6.04 Å². The molecule has 17 heavy (non-hydrogen) atoms. The number of carbonyl (C=O) groups excluding carboxylic acids is 2. The van der Waals surface area contributed by atoms with Gasteiger partial charge >= 0.3 is 11.9 Å². The van der Waals surface area contributed by atoms with Crippen molar-refractivity contribution in [3.05, 3.63) is 0 Å². The Labute approximate surface area is 96.8 Å². The first-order valence-electron chi connectivity index (χ1n) is 4.74. The number of hydrogen-bond acceptors (Lipinski definition) is 5. The number of hydrogen-bond donors (Lipinski definition) is 4. The second-order valence-corrected chi connectivity index (χ2v) is 3.32. The van der Waals surface area contributed by atoms with E-state index >= 15 is 0 Å². The first-order valence-corrected chi connectivity index (χ1v) is 4.74. The van der Waals surface area contributed by atoms with Crippen molar-refractivity contribution in [2.45, 2.75) is 31.3 Å². The molecule has 0 aliphatic carbocycles. The van der Waals surface area contributed by atoms with Crippen LogP contribution in [0.1, 0.15) is 19.3 Å². The first-order chi connectivity index (χ1) is 7.86. The van der Waals surface area contributed by atoms with Crippen LogP contribution < -0.4 is 11.1 Å². The standard InChI is InChI=1S/C9H13N2O6/c10-6(1-2-7(13)14)9(17)11-5(4-12)3-8(15)16/h5-6H,1-3,10H2,(H,11,17)(H,13,14)(H,15,16)/t5-,6-/m0/s1. The number of nitrogens with two attached hydrogens (primary N) is 1. The monoisotopic (exact) mass is 245 g/mol. The van der Waals surface area contributed by atoms with E-state index in [9.17, 15) is 19.2 Å². The van der Waals surface area contributed by atoms with E-state index in [0.29, 0.717) is 0 Å². The Morgan fingerprint density at radius 3 is 2.24 bits per heavy atom. The smallest absolute Gasteiger partial charge is 0.305 e. The molecule has 1 amide bonds. The van der Waals surface area contributed by atoms with Crippen molar-refractivity contribution in [1.29, 1.82) is 0 Å². The highest BCUT2D eigenvalue weighted by atomic mass is 16.4. The summed E-state index contributed by atoms with van der Waals surface area (Å²) in [5, 5.41) is 18.8. The lowest BCUT2D eigenvalue weighted by molar-refractivity contribution is -0.138. The van der Waals surface area contributed by atoms with Crippen LogP contribution in [0, 0.1) is 0 Å². The Balaban J connectivity index is 4.16. The van der Waals surface area contributed by atoms with Crippen molar-refractivity contribution in [3.8, 4) is 0 Å². The fourth-order valence-electron chi connectivity index (χ4n) is 0.986. The third kappa shape index (κ3) is 7.01. The lowest BCUT2D eigenvalue weighted by Crippen LogP contribution is -2.46. The molecule has 0 saturated heterocycles. The van der Waals surface area contributed by atoms with Gasteiger partial charge in [0, 0.05) is 6.42 Å². The maximum absolute atomic E-state index is 11.3. The van der Waals surface area contributed by atoms with Gasteiger partial charge in [-0.2, -0.15) is 0 Å². The van der Waals surface area contributed by atoms with Gasteiger partial charge in [-0.05, 0) is 6.42 Å². The molecule has 0 aromatic carbocycles. The molecular formula is C9H13N2O6. The average Bonchev–Trinajstić information content (AvgIpc) is 2.23. The Bertz CT molecular complexity index is 317. The minimum absolute atomic E-state index is 0.0974. The van der Waals surface area contributed by atoms with E-state index < -0.39 is 36.4 Å². The fraction of sp³-hybridized carbons (Fsp3) is 0.556. The highest BCUT2D eigenvalue weighted by molar-refractivity contribution is 5.86. The van der Waals surface area contributed by atoms with Crippen LogP contribution in [0.25, 0.3) is 0 Å². The van der Waals surface area contributed by atoms with E-state index in [0.717, 1.165) is 0 Å². The second kappa shape index (κ2) is 7.34. The normalized spacial score (nSPS) is 13.5. The van der Waals surface area contributed by atoms with Crippen molar-refractivity contribution in [2.24, 2.45) is 5.73 Å². The van der Waals surface area contributed by atoms with Crippen LogP contribution in [-0.2, 0) is 19.2 Å². The Morgan fingerprint density at radius 1 is 1.24 bits per heavy atom. The zero-order valence-electron chi connectivity index (χ0n) is 8.88. The van der Waals surface area contributed by atoms with Crippen molar-refractivity contribution in [3.63, 3.8) is 0 Å². The summed E-state index contributed by atoms with van der Waals surface area (Å²) in [6.07, 6.45) is 0.367. The zero-order valence-corrected chi connectivity index (χ0v) is 8.88. The van der Waals surface area contributed by atoms with Gasteiger partial charge in [0.25, 0.3) is 0 Å². The largest absolute Gasteiger partial charge is 0.481 e. The molecule has 1 radical (unpaired) electrons. The molecule has 0 fully saturated rings. The quantitative estimate of drug-likeness (QED) is 0.396. The molecule has 0 saturated carbocycles. The van der Waals surface area contributed by atoms with E-state index in [1.165, 1.54) is 6.29 Å². The molecule has 8 heteroatoms. The maximum atomic E-state index is 11.3. The fourth-order valence-corrected chi connectivity index (χ4v) is 0.986. The van der Waals surface area contributed by atoms with Crippen molar-refractivity contribution >= 4 is 24.1 Å². The van der Waals surface area contributed by atoms with Crippen molar-refractivity contribution in [2.75, 3.05) is 0 Å². The third-order valence-corrected chi connectivity index (χ3v) is 1.84. The molecule has 0 heterocycles. The number of rotatable bonds is 8. The zero-order chi connectivity index (χ0) is 13.4. The van der Waals surface area contributed by atoms with Gasteiger partial charge in [-0.25, -0.2) is 0 Å². The molecule has 0 aliphatic rings. The minimum atomic E-state index is -1.28. The molecule has 0 spiro atoms. The number of carbonyl (C=O) groups is 3. The van der Waals surface area contributed by atoms with E-state index in [-0.39, 0.29) is 12.8 Å². The molecular weight excluding hydrogens is 232 g/mol. The van der Waals surface area contributed by atoms with Gasteiger partial charge in [-0.1, -0.05) is 0 Å². The first kappa shape index (κ1) is 15.0. The van der Waals surface area contributed by atoms with Crippen LogP contribution in [0.5, 0.6) is 0 Å². The summed E-state index contributed by atoms with van der Waals surface area (Å²) in [6.45, 7) is 0. The molecule has 0 aromatic heterocycles. The van der Waals surface area contributed by atoms with Gasteiger partial charge in [-0.3, -0.25) is 19.2 Å². The molecule has 2 atom stereocenters. The summed E-state index contributed by atoms with van der Waals surface area (Å²) in [5.41, 5.74) is 5.35. The second-order valence-electron chi connectivity index (χ2n) is 3.32. The molecule has 0 aliphatic heterocycles. The van der Waals surface area contributed by atoms with Gasteiger partial charge in [0.05, 0.1) is 12.5 Å². The topological polar surface area (TPSA) is 147 Å². The van der Waals surface area contributed by atoms with E-state index in [2.05, 4.69) is 5.32 Å². The van der Waals surface area contributed by atoms with Crippen LogP contribution in [0.3, 0.4) is 0 Å². The summed E-state index contributed by atoms with van der Waals surface area (Å²) in [4.78, 5) is 42.2. The number of amides is 1. The lowest BCUT2D eigenvalue weighted by Gasteiger charge is -2.14. The molecule has 0 rings (SSSR count). The van der Waals surface area contributed by atoms with Crippen LogP contribution in [-0.4, -0.2) is 46.4 Å². The number of carboxylic acid groups (broad SMARTS) is 2. The molecule has 5 N–H and O–H groups in total. The summed E-state index contributed by atoms with van der Waals surface area (Å²) < 4.78 is 0. The average molecular weight is 245 g/mol. The third-order valence-electron chi connectivity index (χ3n) is 1.84. The summed E-state index contributed by atoms with van der Waals surface area (Å²) in [6, 6.07) is -2.38. The van der Waals surface area contributed by atoms with Crippen LogP contribution in [0.4, 0.5) is 0 Å². The predicted molar refractivity (Wildman–Crippen MR) is 54.7 cm³/mol. The predicted octanol–water partition coefficient (Wildman–Crippen LogP) is -1.75. The van der Waals surface area contributed by atoms with Crippen LogP contribution in [0.2, 0.25) is 0 Å². The summed E-state index contributed by atoms with van der Waals surface area (Å²) in [5.74, 6) is -3.14. The Kier molecular flexibility index (Phi) is 6.49. The highest BCUT2D eigenvalue weighted by Crippen LogP contribution is 1.96. The Hall–Kier alpha value is -1.96. The van der Waals surface area contributed by atoms with E-state index in [1.807, 2.05) is 0 Å². The van der Waals surface area contributed by atoms with Crippen LogP contribution >= 0.6 is 0 Å². The van der Waals surface area contributed by atoms with Gasteiger partial charge in [0.15, 0.2) is 0 Å². The summed E-state index contributed by atoms with van der Waals surface area (Å²) in [7, 11) is 0. The number of nitrogens with one attached hydrogen (secondary N) is 1. The van der Waals surface area contributed by atoms with Crippen molar-refractivity contribution < 1.29 is 29.4 Å². The molecule has 0 aromatic rings. The number of aliphatic carboxylic acids is 2. The van der Waals surface area contributed by atoms with E-state index in [4.69, 9.17) is 15.9 Å². The van der Waals surface area contributed by atoms with Gasteiger partial charge in [0.2, 0.25) is 12.2 Å². The summed E-state index contributed by atoms with van der Waals surface area (Å²) >= 11 is 0. The molecule has 95 valence electrons. The molecule has 8 nitrogen and oxygen atoms in total. The SMILES string of the molecule is N[C@@H](CCC(=O)O)C(=O)N[C@H]([C]=O)CC(=O)O. The van der Waals surface area contributed by atoms with Crippen LogP contribution in [0.15, 0.2) is 0 Å². The minimum Gasteiger partial charge on any atom is -0.481 e. The highest BCUT2D eigenvalue weighted by Gasteiger charge is 2.20. The van der Waals surface area contributed by atoms with Gasteiger partial charge < -0.3 is 21.3 Å². The molecule has 0 unspecified atom stereocenters. The van der Waals surface area contributed by atoms with Gasteiger partial charge in [-0.15, -0.1) is 0 Å².